The smallest absolute Gasteiger partial charge is 0.367 e. The quantitative estimate of drug-likeness (QED) is 0.601. The molecule has 3 heterocycles. The van der Waals surface area contributed by atoms with Gasteiger partial charge in [-0.15, -0.1) is 24.8 Å². The molecular weight excluding hydrogens is 414 g/mol. The second-order valence-electron chi connectivity index (χ2n) is 7.07. The summed E-state index contributed by atoms with van der Waals surface area (Å²) in [5, 5.41) is 9.32. The zero-order chi connectivity index (χ0) is 18.5. The molecule has 2 aliphatic heterocycles. The van der Waals surface area contributed by atoms with Gasteiger partial charge < -0.3 is 16.0 Å². The lowest BCUT2D eigenvalue weighted by Gasteiger charge is -2.17. The van der Waals surface area contributed by atoms with Gasteiger partial charge in [-0.25, -0.2) is 4.98 Å². The summed E-state index contributed by atoms with van der Waals surface area (Å²) in [6.07, 6.45) is -1.43. The maximum absolute atomic E-state index is 13.1. The Hall–Kier alpha value is -1.77. The fourth-order valence-electron chi connectivity index (χ4n) is 3.67. The van der Waals surface area contributed by atoms with Crippen LogP contribution in [0.3, 0.4) is 0 Å². The van der Waals surface area contributed by atoms with Gasteiger partial charge in [-0.2, -0.15) is 18.2 Å². The molecule has 5 nitrogen and oxygen atoms in total. The molecule has 0 saturated carbocycles. The standard InChI is InChI=1S/C18H20F3N5.2ClH/c1-9(2)23-16-13(18(19,20)21)8-22-17(26-16)24-10-3-4-11-12(7-10)15-6-5-14(11)25-15;;/h3-4,7-9,14-15,25H,5-6H2,1-2H3,(H2,22,23,24,26);2*1H/t14-,15+;;/m0../s1. The van der Waals surface area contributed by atoms with Gasteiger partial charge in [-0.05, 0) is 49.9 Å². The van der Waals surface area contributed by atoms with Crippen LogP contribution in [0.4, 0.5) is 30.6 Å². The number of nitrogens with one attached hydrogen (secondary N) is 3. The average molecular weight is 436 g/mol. The number of hydrogen-bond donors (Lipinski definition) is 3. The summed E-state index contributed by atoms with van der Waals surface area (Å²) in [6.45, 7) is 3.52. The number of benzene rings is 1. The van der Waals surface area contributed by atoms with E-state index in [1.54, 1.807) is 13.8 Å². The molecule has 154 valence electrons. The minimum Gasteiger partial charge on any atom is -0.367 e. The topological polar surface area (TPSA) is 61.9 Å². The number of alkyl halides is 3. The molecular formula is C18H22Cl2F3N5. The molecule has 2 atom stereocenters. The van der Waals surface area contributed by atoms with Gasteiger partial charge in [-0.1, -0.05) is 6.07 Å². The molecule has 10 heteroatoms. The fraction of sp³-hybridized carbons (Fsp3) is 0.444. The Kier molecular flexibility index (Phi) is 6.68. The molecule has 0 radical (unpaired) electrons. The van der Waals surface area contributed by atoms with Gasteiger partial charge in [-0.3, -0.25) is 0 Å². The molecule has 1 fully saturated rings. The first-order valence-electron chi connectivity index (χ1n) is 8.69. The van der Waals surface area contributed by atoms with Crippen molar-refractivity contribution in [2.24, 2.45) is 0 Å². The molecule has 1 aromatic heterocycles. The van der Waals surface area contributed by atoms with E-state index in [-0.39, 0.29) is 42.6 Å². The summed E-state index contributed by atoms with van der Waals surface area (Å²) in [5.41, 5.74) is 2.46. The third-order valence-corrected chi connectivity index (χ3v) is 4.76. The summed E-state index contributed by atoms with van der Waals surface area (Å²) in [4.78, 5) is 7.90. The first-order chi connectivity index (χ1) is 12.3. The summed E-state index contributed by atoms with van der Waals surface area (Å²) in [6, 6.07) is 6.61. The number of fused-ring (bicyclic) bond motifs is 5. The SMILES string of the molecule is CC(C)Nc1nc(Nc2ccc3c(c2)[C@H]2CC[C@@H]3N2)ncc1C(F)(F)F.Cl.Cl. The Morgan fingerprint density at radius 2 is 1.79 bits per heavy atom. The molecule has 1 aromatic carbocycles. The van der Waals surface area contributed by atoms with E-state index in [9.17, 15) is 13.2 Å². The number of nitrogens with zero attached hydrogens (tertiary/aromatic N) is 2. The van der Waals surface area contributed by atoms with Gasteiger partial charge in [0.2, 0.25) is 5.95 Å². The third-order valence-electron chi connectivity index (χ3n) is 4.76. The number of rotatable bonds is 4. The van der Waals surface area contributed by atoms with Crippen molar-refractivity contribution in [1.82, 2.24) is 15.3 Å². The molecule has 3 N–H and O–H groups in total. The molecule has 0 unspecified atom stereocenters. The highest BCUT2D eigenvalue weighted by atomic mass is 35.5. The summed E-state index contributed by atoms with van der Waals surface area (Å²) in [7, 11) is 0. The van der Waals surface area contributed by atoms with Crippen LogP contribution >= 0.6 is 24.8 Å². The highest BCUT2D eigenvalue weighted by Crippen LogP contribution is 2.45. The van der Waals surface area contributed by atoms with E-state index in [4.69, 9.17) is 0 Å². The van der Waals surface area contributed by atoms with Gasteiger partial charge in [0.1, 0.15) is 11.4 Å². The minimum atomic E-state index is -4.51. The van der Waals surface area contributed by atoms with Crippen molar-refractivity contribution in [3.63, 3.8) is 0 Å². The van der Waals surface area contributed by atoms with Crippen LogP contribution in [-0.2, 0) is 6.18 Å². The number of halogens is 5. The van der Waals surface area contributed by atoms with Crippen LogP contribution in [0.25, 0.3) is 0 Å². The van der Waals surface area contributed by atoms with Crippen molar-refractivity contribution in [3.8, 4) is 0 Å². The zero-order valence-corrected chi connectivity index (χ0v) is 16.9. The highest BCUT2D eigenvalue weighted by Gasteiger charge is 2.37. The Labute approximate surface area is 173 Å². The van der Waals surface area contributed by atoms with Crippen LogP contribution in [0.15, 0.2) is 24.4 Å². The molecule has 1 saturated heterocycles. The van der Waals surface area contributed by atoms with Crippen molar-refractivity contribution >= 4 is 42.3 Å². The predicted molar refractivity (Wildman–Crippen MR) is 108 cm³/mol. The van der Waals surface area contributed by atoms with Crippen LogP contribution in [-0.4, -0.2) is 16.0 Å². The normalized spacial score (nSPS) is 19.6. The van der Waals surface area contributed by atoms with Crippen molar-refractivity contribution in [3.05, 3.63) is 41.1 Å². The van der Waals surface area contributed by atoms with Crippen LogP contribution in [0.5, 0.6) is 0 Å². The Bertz CT molecular complexity index is 844. The van der Waals surface area contributed by atoms with Crippen molar-refractivity contribution in [1.29, 1.82) is 0 Å². The lowest BCUT2D eigenvalue weighted by molar-refractivity contribution is -0.137. The molecule has 2 bridgehead atoms. The first kappa shape index (κ1) is 22.5. The van der Waals surface area contributed by atoms with Crippen molar-refractivity contribution in [2.45, 2.75) is 51.0 Å². The maximum atomic E-state index is 13.1. The summed E-state index contributed by atoms with van der Waals surface area (Å²) in [5.74, 6) is -0.0795. The van der Waals surface area contributed by atoms with E-state index in [0.717, 1.165) is 24.7 Å². The third kappa shape index (κ3) is 4.29. The predicted octanol–water partition coefficient (Wildman–Crippen LogP) is 5.38. The first-order valence-corrected chi connectivity index (χ1v) is 8.69. The number of anilines is 3. The van der Waals surface area contributed by atoms with Gasteiger partial charge in [0.15, 0.2) is 0 Å². The summed E-state index contributed by atoms with van der Waals surface area (Å²) < 4.78 is 39.4. The second kappa shape index (κ2) is 8.31. The lowest BCUT2D eigenvalue weighted by Crippen LogP contribution is -2.18. The monoisotopic (exact) mass is 435 g/mol. The Balaban J connectivity index is 0.00000140. The Morgan fingerprint density at radius 3 is 2.43 bits per heavy atom. The molecule has 28 heavy (non-hydrogen) atoms. The van der Waals surface area contributed by atoms with Gasteiger partial charge in [0.05, 0.1) is 0 Å². The second-order valence-corrected chi connectivity index (χ2v) is 7.07. The van der Waals surface area contributed by atoms with E-state index in [1.165, 1.54) is 11.1 Å². The lowest BCUT2D eigenvalue weighted by atomic mass is 9.91. The van der Waals surface area contributed by atoms with E-state index in [0.29, 0.717) is 12.1 Å². The van der Waals surface area contributed by atoms with Crippen molar-refractivity contribution < 1.29 is 13.2 Å². The molecule has 0 spiro atoms. The van der Waals surface area contributed by atoms with Gasteiger partial charge in [0, 0.05) is 30.0 Å². The zero-order valence-electron chi connectivity index (χ0n) is 15.3. The van der Waals surface area contributed by atoms with Gasteiger partial charge >= 0.3 is 6.18 Å². The molecule has 4 rings (SSSR count). The van der Waals surface area contributed by atoms with Crippen LogP contribution < -0.4 is 16.0 Å². The van der Waals surface area contributed by atoms with E-state index in [2.05, 4.69) is 32.0 Å². The Morgan fingerprint density at radius 1 is 1.11 bits per heavy atom. The summed E-state index contributed by atoms with van der Waals surface area (Å²) >= 11 is 0. The molecule has 2 aliphatic rings. The molecule has 0 aliphatic carbocycles. The molecule has 0 amide bonds. The number of hydrogen-bond acceptors (Lipinski definition) is 5. The minimum absolute atomic E-state index is 0. The number of aromatic nitrogens is 2. The highest BCUT2D eigenvalue weighted by molar-refractivity contribution is 5.85. The fourth-order valence-corrected chi connectivity index (χ4v) is 3.67. The molecule has 2 aromatic rings. The van der Waals surface area contributed by atoms with Crippen LogP contribution in [0.1, 0.15) is 55.5 Å². The maximum Gasteiger partial charge on any atom is 0.421 e. The average Bonchev–Trinajstić information content (AvgIpc) is 3.15. The van der Waals surface area contributed by atoms with Gasteiger partial charge in [0.25, 0.3) is 0 Å². The largest absolute Gasteiger partial charge is 0.421 e. The van der Waals surface area contributed by atoms with E-state index in [1.807, 2.05) is 12.1 Å². The van der Waals surface area contributed by atoms with Crippen LogP contribution in [0.2, 0.25) is 0 Å². The van der Waals surface area contributed by atoms with Crippen molar-refractivity contribution in [2.75, 3.05) is 10.6 Å². The van der Waals surface area contributed by atoms with Crippen LogP contribution in [0, 0.1) is 0 Å². The van der Waals surface area contributed by atoms with E-state index >= 15 is 0 Å². The van der Waals surface area contributed by atoms with E-state index < -0.39 is 11.7 Å².